The average molecular weight is 489 g/mol. The molecule has 0 unspecified atom stereocenters. The van der Waals surface area contributed by atoms with Crippen LogP contribution < -0.4 is 10.1 Å². The minimum absolute atomic E-state index is 0.0598. The van der Waals surface area contributed by atoms with Crippen LogP contribution in [0.1, 0.15) is 11.1 Å². The number of methoxy groups -OCH3 is 1. The Kier molecular flexibility index (Phi) is 6.45. The van der Waals surface area contributed by atoms with Crippen molar-refractivity contribution >= 4 is 11.6 Å². The number of alkyl halides is 3. The Morgan fingerprint density at radius 1 is 1.11 bits per heavy atom. The zero-order chi connectivity index (χ0) is 25.2. The number of imidazole rings is 1. The predicted octanol–water partition coefficient (Wildman–Crippen LogP) is 4.82. The summed E-state index contributed by atoms with van der Waals surface area (Å²) in [6.07, 6.45) is -0.0586. The van der Waals surface area contributed by atoms with E-state index in [-0.39, 0.29) is 11.5 Å². The van der Waals surface area contributed by atoms with Gasteiger partial charge in [0.25, 0.3) is 0 Å². The lowest BCUT2D eigenvalue weighted by Crippen LogP contribution is -2.17. The van der Waals surface area contributed by atoms with Crippen LogP contribution in [0.15, 0.2) is 61.3 Å². The van der Waals surface area contributed by atoms with E-state index in [9.17, 15) is 26.7 Å². The number of rotatable bonds is 6. The van der Waals surface area contributed by atoms with E-state index < -0.39 is 41.3 Å². The number of amides is 1. The molecule has 0 saturated carbocycles. The highest BCUT2D eigenvalue weighted by Gasteiger charge is 2.35. The summed E-state index contributed by atoms with van der Waals surface area (Å²) in [5.74, 6) is -2.84. The molecule has 1 amide bonds. The molecule has 3 aromatic heterocycles. The molecule has 0 aliphatic carbocycles. The van der Waals surface area contributed by atoms with Crippen LogP contribution >= 0.6 is 0 Å². The number of nitrogens with zero attached hydrogens (tertiary/aromatic N) is 4. The van der Waals surface area contributed by atoms with Crippen molar-refractivity contribution < 1.29 is 31.5 Å². The van der Waals surface area contributed by atoms with Crippen molar-refractivity contribution in [2.24, 2.45) is 0 Å². The summed E-state index contributed by atoms with van der Waals surface area (Å²) in [6, 6.07) is 7.02. The minimum Gasteiger partial charge on any atom is -0.494 e. The van der Waals surface area contributed by atoms with Crippen LogP contribution in [0.3, 0.4) is 0 Å². The highest BCUT2D eigenvalue weighted by molar-refractivity contribution is 5.92. The van der Waals surface area contributed by atoms with Crippen LogP contribution in [-0.4, -0.2) is 32.5 Å². The van der Waals surface area contributed by atoms with Gasteiger partial charge < -0.3 is 10.1 Å². The summed E-state index contributed by atoms with van der Waals surface area (Å²) < 4.78 is 74.0. The molecule has 0 aliphatic heterocycles. The zero-order valence-electron chi connectivity index (χ0n) is 18.0. The minimum atomic E-state index is -4.89. The summed E-state index contributed by atoms with van der Waals surface area (Å²) in [5.41, 5.74) is -1.12. The molecule has 0 saturated heterocycles. The SMILES string of the molecule is COc1cccnc1-c1cn(-c2ncc(NC(=O)Cc3cccc(C(F)(F)F)c3F)cc2F)cn1. The average Bonchev–Trinajstić information content (AvgIpc) is 3.29. The van der Waals surface area contributed by atoms with E-state index >= 15 is 0 Å². The van der Waals surface area contributed by atoms with Crippen molar-refractivity contribution in [3.8, 4) is 23.0 Å². The van der Waals surface area contributed by atoms with Crippen LogP contribution in [0.2, 0.25) is 0 Å². The third-order valence-corrected chi connectivity index (χ3v) is 4.90. The summed E-state index contributed by atoms with van der Waals surface area (Å²) >= 11 is 0. The maximum Gasteiger partial charge on any atom is 0.419 e. The smallest absolute Gasteiger partial charge is 0.419 e. The molecule has 0 fully saturated rings. The fourth-order valence-corrected chi connectivity index (χ4v) is 3.31. The topological polar surface area (TPSA) is 81.9 Å². The van der Waals surface area contributed by atoms with E-state index in [1.165, 1.54) is 24.2 Å². The number of hydrogen-bond donors (Lipinski definition) is 1. The molecule has 4 aromatic rings. The van der Waals surface area contributed by atoms with Crippen molar-refractivity contribution in [2.75, 3.05) is 12.4 Å². The second-order valence-corrected chi connectivity index (χ2v) is 7.25. The number of ether oxygens (including phenoxy) is 1. The molecular weight excluding hydrogens is 473 g/mol. The van der Waals surface area contributed by atoms with Gasteiger partial charge in [0.1, 0.15) is 29.3 Å². The van der Waals surface area contributed by atoms with E-state index in [1.807, 2.05) is 0 Å². The van der Waals surface area contributed by atoms with Gasteiger partial charge in [0.15, 0.2) is 11.6 Å². The molecule has 0 atom stereocenters. The molecule has 1 aromatic carbocycles. The molecule has 0 bridgehead atoms. The first-order valence-corrected chi connectivity index (χ1v) is 10.0. The summed E-state index contributed by atoms with van der Waals surface area (Å²) in [4.78, 5) is 24.6. The predicted molar refractivity (Wildman–Crippen MR) is 115 cm³/mol. The lowest BCUT2D eigenvalue weighted by molar-refractivity contribution is -0.140. The van der Waals surface area contributed by atoms with Gasteiger partial charge in [0, 0.05) is 18.5 Å². The van der Waals surface area contributed by atoms with Gasteiger partial charge in [-0.2, -0.15) is 13.2 Å². The van der Waals surface area contributed by atoms with Gasteiger partial charge in [-0.3, -0.25) is 14.3 Å². The number of pyridine rings is 2. The van der Waals surface area contributed by atoms with Crippen LogP contribution in [-0.2, 0) is 17.4 Å². The Bertz CT molecular complexity index is 1390. The van der Waals surface area contributed by atoms with Crippen LogP contribution in [0.4, 0.5) is 27.6 Å². The number of halogens is 5. The Morgan fingerprint density at radius 2 is 1.91 bits per heavy atom. The number of benzene rings is 1. The van der Waals surface area contributed by atoms with Crippen LogP contribution in [0, 0.1) is 11.6 Å². The van der Waals surface area contributed by atoms with Gasteiger partial charge in [-0.1, -0.05) is 12.1 Å². The third kappa shape index (κ3) is 5.10. The lowest BCUT2D eigenvalue weighted by atomic mass is 10.1. The first-order valence-electron chi connectivity index (χ1n) is 10.0. The number of carbonyl (C=O) groups is 1. The molecule has 35 heavy (non-hydrogen) atoms. The van der Waals surface area contributed by atoms with E-state index in [1.54, 1.807) is 18.3 Å². The quantitative estimate of drug-likeness (QED) is 0.393. The molecule has 0 aliphatic rings. The van der Waals surface area contributed by atoms with Crippen molar-refractivity contribution in [1.82, 2.24) is 19.5 Å². The normalized spacial score (nSPS) is 11.4. The van der Waals surface area contributed by atoms with E-state index in [4.69, 9.17) is 4.74 Å². The van der Waals surface area contributed by atoms with E-state index in [0.29, 0.717) is 23.2 Å². The monoisotopic (exact) mass is 489 g/mol. The van der Waals surface area contributed by atoms with Crippen molar-refractivity contribution in [2.45, 2.75) is 12.6 Å². The zero-order valence-corrected chi connectivity index (χ0v) is 18.0. The third-order valence-electron chi connectivity index (χ3n) is 4.90. The molecule has 4 rings (SSSR count). The summed E-state index contributed by atoms with van der Waals surface area (Å²) in [6.45, 7) is 0. The molecule has 1 N–H and O–H groups in total. The standard InChI is InChI=1S/C23H16F5N5O2/c1-35-18-6-3-7-29-21(18)17-11-33(12-31-17)22-16(24)9-14(10-30-22)32-19(34)8-13-4-2-5-15(20(13)25)23(26,27)28/h2-7,9-12H,8H2,1H3,(H,32,34). The molecule has 180 valence electrons. The van der Waals surface area contributed by atoms with Gasteiger partial charge >= 0.3 is 6.18 Å². The largest absolute Gasteiger partial charge is 0.494 e. The molecule has 0 spiro atoms. The molecule has 7 nitrogen and oxygen atoms in total. The van der Waals surface area contributed by atoms with Crippen LogP contribution in [0.5, 0.6) is 5.75 Å². The van der Waals surface area contributed by atoms with Crippen molar-refractivity contribution in [3.63, 3.8) is 0 Å². The number of hydrogen-bond acceptors (Lipinski definition) is 5. The Labute approximate surface area is 195 Å². The number of aromatic nitrogens is 4. The fourth-order valence-electron chi connectivity index (χ4n) is 3.31. The maximum absolute atomic E-state index is 14.7. The van der Waals surface area contributed by atoms with E-state index in [2.05, 4.69) is 20.3 Å². The first-order chi connectivity index (χ1) is 16.7. The van der Waals surface area contributed by atoms with E-state index in [0.717, 1.165) is 24.4 Å². The van der Waals surface area contributed by atoms with Gasteiger partial charge in [0.2, 0.25) is 5.91 Å². The summed E-state index contributed by atoms with van der Waals surface area (Å²) in [5, 5.41) is 2.30. The van der Waals surface area contributed by atoms with Gasteiger partial charge in [0.05, 0.1) is 31.0 Å². The maximum atomic E-state index is 14.7. The highest BCUT2D eigenvalue weighted by atomic mass is 19.4. The van der Waals surface area contributed by atoms with Gasteiger partial charge in [-0.25, -0.2) is 18.7 Å². The number of nitrogens with one attached hydrogen (secondary N) is 1. The number of anilines is 1. The van der Waals surface area contributed by atoms with Gasteiger partial charge in [-0.15, -0.1) is 0 Å². The number of carbonyl (C=O) groups excluding carboxylic acids is 1. The Hall–Kier alpha value is -4.35. The van der Waals surface area contributed by atoms with Gasteiger partial charge in [-0.05, 0) is 23.8 Å². The van der Waals surface area contributed by atoms with Crippen molar-refractivity contribution in [3.05, 3.63) is 84.1 Å². The van der Waals surface area contributed by atoms with Crippen molar-refractivity contribution in [1.29, 1.82) is 0 Å². The molecule has 3 heterocycles. The molecule has 0 radical (unpaired) electrons. The summed E-state index contributed by atoms with van der Waals surface area (Å²) in [7, 11) is 1.48. The first kappa shape index (κ1) is 23.8. The second kappa shape index (κ2) is 9.49. The van der Waals surface area contributed by atoms with Crippen LogP contribution in [0.25, 0.3) is 17.2 Å². The fraction of sp³-hybridized carbons (Fsp3) is 0.130. The lowest BCUT2D eigenvalue weighted by Gasteiger charge is -2.11. The molecule has 12 heteroatoms. The Morgan fingerprint density at radius 3 is 2.63 bits per heavy atom. The highest BCUT2D eigenvalue weighted by Crippen LogP contribution is 2.32. The molecular formula is C23H16F5N5O2. The second-order valence-electron chi connectivity index (χ2n) is 7.25. The Balaban J connectivity index is 1.50.